The fraction of sp³-hybridized carbons (Fsp3) is 0.667. The molecule has 25 heavy (non-hydrogen) atoms. The second-order valence-corrected chi connectivity index (χ2v) is 6.94. The molecule has 4 heteroatoms. The lowest BCUT2D eigenvalue weighted by Gasteiger charge is -2.32. The summed E-state index contributed by atoms with van der Waals surface area (Å²) in [7, 11) is 0. The van der Waals surface area contributed by atoms with Crippen LogP contribution < -0.4 is 4.90 Å². The number of likely N-dealkylation sites (tertiary alicyclic amines) is 1. The monoisotopic (exact) mass is 346 g/mol. The van der Waals surface area contributed by atoms with Gasteiger partial charge in [0, 0.05) is 31.9 Å². The number of carbonyl (C=O) groups is 1. The molecule has 0 saturated carbocycles. The van der Waals surface area contributed by atoms with Gasteiger partial charge in [-0.2, -0.15) is 0 Å². The minimum absolute atomic E-state index is 0.448. The van der Waals surface area contributed by atoms with Crippen molar-refractivity contribution in [1.82, 2.24) is 4.90 Å². The van der Waals surface area contributed by atoms with Crippen LogP contribution in [0.2, 0.25) is 0 Å². The lowest BCUT2D eigenvalue weighted by atomic mass is 10.1. The predicted octanol–water partition coefficient (Wildman–Crippen LogP) is 3.88. The summed E-state index contributed by atoms with van der Waals surface area (Å²) in [5.41, 5.74) is 2.34. The first-order valence-corrected chi connectivity index (χ1v) is 9.92. The molecule has 0 aliphatic carbocycles. The maximum absolute atomic E-state index is 11.6. The van der Waals surface area contributed by atoms with Gasteiger partial charge < -0.3 is 14.5 Å². The molecule has 0 spiro atoms. The highest BCUT2D eigenvalue weighted by atomic mass is 16.5. The van der Waals surface area contributed by atoms with Crippen molar-refractivity contribution in [2.75, 3.05) is 37.7 Å². The Hall–Kier alpha value is -1.39. The second-order valence-electron chi connectivity index (χ2n) is 6.94. The lowest BCUT2D eigenvalue weighted by Crippen LogP contribution is -2.38. The Kier molecular flexibility index (Phi) is 8.98. The van der Waals surface area contributed by atoms with Gasteiger partial charge in [0.05, 0.1) is 6.10 Å². The quantitative estimate of drug-likeness (QED) is 0.570. The van der Waals surface area contributed by atoms with Crippen molar-refractivity contribution in [3.63, 3.8) is 0 Å². The van der Waals surface area contributed by atoms with Gasteiger partial charge in [0.2, 0.25) is 6.41 Å². The number of ether oxygens (including phenoxy) is 1. The molecular weight excluding hydrogens is 312 g/mol. The van der Waals surface area contributed by atoms with E-state index >= 15 is 0 Å². The number of aryl methyl sites for hydroxylation is 1. The molecule has 0 atom stereocenters. The van der Waals surface area contributed by atoms with Crippen LogP contribution in [-0.2, 0) is 16.0 Å². The third-order valence-corrected chi connectivity index (χ3v) is 4.91. The van der Waals surface area contributed by atoms with Gasteiger partial charge in [-0.05, 0) is 50.3 Å². The molecule has 1 aromatic rings. The SMILES string of the molecule is CCCOC1CCN(CCCN(C=O)c2ccccc2CCC)CC1. The highest BCUT2D eigenvalue weighted by Gasteiger charge is 2.19. The van der Waals surface area contributed by atoms with E-state index in [-0.39, 0.29) is 0 Å². The van der Waals surface area contributed by atoms with Crippen LogP contribution in [0, 0.1) is 0 Å². The van der Waals surface area contributed by atoms with Crippen LogP contribution in [0.5, 0.6) is 0 Å². The Labute approximate surface area is 153 Å². The molecule has 0 aromatic heterocycles. The number of carbonyl (C=O) groups excluding carboxylic acids is 1. The largest absolute Gasteiger partial charge is 0.378 e. The van der Waals surface area contributed by atoms with Crippen LogP contribution >= 0.6 is 0 Å². The molecule has 0 N–H and O–H groups in total. The second kappa shape index (κ2) is 11.3. The molecule has 4 nitrogen and oxygen atoms in total. The Bertz CT molecular complexity index is 498. The summed E-state index contributed by atoms with van der Waals surface area (Å²) in [4.78, 5) is 16.0. The van der Waals surface area contributed by atoms with Crippen molar-refractivity contribution in [1.29, 1.82) is 0 Å². The Morgan fingerprint density at radius 3 is 2.64 bits per heavy atom. The summed E-state index contributed by atoms with van der Waals surface area (Å²) < 4.78 is 5.85. The van der Waals surface area contributed by atoms with Gasteiger partial charge in [0.25, 0.3) is 0 Å². The molecule has 1 saturated heterocycles. The van der Waals surface area contributed by atoms with Crippen molar-refractivity contribution in [2.45, 2.75) is 58.5 Å². The number of piperidine rings is 1. The molecule has 2 rings (SSSR count). The number of hydrogen-bond donors (Lipinski definition) is 0. The summed E-state index contributed by atoms with van der Waals surface area (Å²) in [6.45, 7) is 9.29. The fourth-order valence-corrected chi connectivity index (χ4v) is 3.55. The number of amides is 1. The van der Waals surface area contributed by atoms with Gasteiger partial charge in [-0.1, -0.05) is 38.5 Å². The fourth-order valence-electron chi connectivity index (χ4n) is 3.55. The van der Waals surface area contributed by atoms with Crippen LogP contribution in [0.25, 0.3) is 0 Å². The molecule has 1 fully saturated rings. The van der Waals surface area contributed by atoms with E-state index in [0.717, 1.165) is 83.4 Å². The molecular formula is C21H34N2O2. The third-order valence-electron chi connectivity index (χ3n) is 4.91. The Balaban J connectivity index is 1.76. The van der Waals surface area contributed by atoms with Crippen LogP contribution in [0.4, 0.5) is 5.69 Å². The molecule has 1 aliphatic rings. The van der Waals surface area contributed by atoms with E-state index in [4.69, 9.17) is 4.74 Å². The summed E-state index contributed by atoms with van der Waals surface area (Å²) in [5.74, 6) is 0. The van der Waals surface area contributed by atoms with Gasteiger partial charge in [-0.3, -0.25) is 4.79 Å². The van der Waals surface area contributed by atoms with Gasteiger partial charge in [-0.25, -0.2) is 0 Å². The van der Waals surface area contributed by atoms with Crippen molar-refractivity contribution >= 4 is 12.1 Å². The molecule has 0 radical (unpaired) electrons. The zero-order valence-electron chi connectivity index (χ0n) is 16.0. The topological polar surface area (TPSA) is 32.8 Å². The van der Waals surface area contributed by atoms with E-state index in [1.54, 1.807) is 0 Å². The molecule has 0 bridgehead atoms. The van der Waals surface area contributed by atoms with E-state index in [2.05, 4.69) is 36.9 Å². The summed E-state index contributed by atoms with van der Waals surface area (Å²) in [5, 5.41) is 0. The van der Waals surface area contributed by atoms with Crippen LogP contribution in [0.15, 0.2) is 24.3 Å². The number of benzene rings is 1. The highest BCUT2D eigenvalue weighted by Crippen LogP contribution is 2.21. The maximum Gasteiger partial charge on any atom is 0.214 e. The number of nitrogens with zero attached hydrogens (tertiary/aromatic N) is 2. The van der Waals surface area contributed by atoms with E-state index in [0.29, 0.717) is 6.10 Å². The third kappa shape index (κ3) is 6.44. The lowest BCUT2D eigenvalue weighted by molar-refractivity contribution is -0.107. The average Bonchev–Trinajstić information content (AvgIpc) is 2.65. The van der Waals surface area contributed by atoms with Gasteiger partial charge >= 0.3 is 0 Å². The van der Waals surface area contributed by atoms with E-state index in [1.807, 2.05) is 11.0 Å². The zero-order chi connectivity index (χ0) is 17.9. The minimum atomic E-state index is 0.448. The number of hydrogen-bond acceptors (Lipinski definition) is 3. The van der Waals surface area contributed by atoms with Crippen molar-refractivity contribution in [3.05, 3.63) is 29.8 Å². The van der Waals surface area contributed by atoms with Crippen LogP contribution in [0.3, 0.4) is 0 Å². The van der Waals surface area contributed by atoms with Crippen molar-refractivity contribution in [2.24, 2.45) is 0 Å². The van der Waals surface area contributed by atoms with Crippen molar-refractivity contribution in [3.8, 4) is 0 Å². The average molecular weight is 347 g/mol. The smallest absolute Gasteiger partial charge is 0.214 e. The Morgan fingerprint density at radius 1 is 1.20 bits per heavy atom. The van der Waals surface area contributed by atoms with Crippen LogP contribution in [0.1, 0.15) is 51.5 Å². The van der Waals surface area contributed by atoms with Gasteiger partial charge in [-0.15, -0.1) is 0 Å². The van der Waals surface area contributed by atoms with Crippen LogP contribution in [-0.4, -0.2) is 50.2 Å². The number of para-hydroxylation sites is 1. The predicted molar refractivity (Wildman–Crippen MR) is 104 cm³/mol. The zero-order valence-corrected chi connectivity index (χ0v) is 16.0. The maximum atomic E-state index is 11.6. The molecule has 140 valence electrons. The summed E-state index contributed by atoms with van der Waals surface area (Å²) >= 11 is 0. The molecule has 1 aliphatic heterocycles. The summed E-state index contributed by atoms with van der Waals surface area (Å²) in [6, 6.07) is 8.28. The number of anilines is 1. The standard InChI is InChI=1S/C21H34N2O2/c1-3-8-19-9-5-6-10-21(19)23(18-24)14-7-13-22-15-11-20(12-16-22)25-17-4-2/h5-6,9-10,18,20H,3-4,7-8,11-17H2,1-2H3. The Morgan fingerprint density at radius 2 is 1.96 bits per heavy atom. The van der Waals surface area contributed by atoms with E-state index < -0.39 is 0 Å². The molecule has 1 amide bonds. The highest BCUT2D eigenvalue weighted by molar-refractivity contribution is 5.76. The number of rotatable bonds is 11. The first-order chi connectivity index (χ1) is 12.3. The van der Waals surface area contributed by atoms with E-state index in [9.17, 15) is 4.79 Å². The normalized spacial score (nSPS) is 16.1. The summed E-state index contributed by atoms with van der Waals surface area (Å²) in [6.07, 6.45) is 7.93. The molecule has 1 aromatic carbocycles. The van der Waals surface area contributed by atoms with Crippen molar-refractivity contribution < 1.29 is 9.53 Å². The molecule has 0 unspecified atom stereocenters. The molecule has 1 heterocycles. The van der Waals surface area contributed by atoms with E-state index in [1.165, 1.54) is 5.56 Å². The first kappa shape index (κ1) is 19.9. The van der Waals surface area contributed by atoms with Gasteiger partial charge in [0.1, 0.15) is 0 Å². The minimum Gasteiger partial charge on any atom is -0.378 e. The first-order valence-electron chi connectivity index (χ1n) is 9.92. The van der Waals surface area contributed by atoms with Gasteiger partial charge in [0.15, 0.2) is 0 Å².